The third-order valence-electron chi connectivity index (χ3n) is 0.989. The predicted octanol–water partition coefficient (Wildman–Crippen LogP) is 1.68. The highest BCUT2D eigenvalue weighted by Gasteiger charge is 2.16. The highest BCUT2D eigenvalue weighted by Crippen LogP contribution is 2.37. The molecule has 0 amide bonds. The lowest BCUT2D eigenvalue weighted by molar-refractivity contribution is -0.112. The van der Waals surface area contributed by atoms with E-state index in [0.29, 0.717) is 10.8 Å². The first-order valence-corrected chi connectivity index (χ1v) is 4.76. The van der Waals surface area contributed by atoms with Gasteiger partial charge in [0.15, 0.2) is 5.78 Å². The van der Waals surface area contributed by atoms with E-state index in [2.05, 4.69) is 5.16 Å². The van der Waals surface area contributed by atoms with Crippen LogP contribution in [0.1, 0.15) is 6.92 Å². The average molecular weight is 189 g/mol. The monoisotopic (exact) mass is 189 g/mol. The van der Waals surface area contributed by atoms with Crippen LogP contribution in [-0.2, 0) is 4.79 Å². The summed E-state index contributed by atoms with van der Waals surface area (Å²) in [4.78, 5) is 10.6. The molecule has 0 unspecified atom stereocenters. The van der Waals surface area contributed by atoms with E-state index in [9.17, 15) is 4.79 Å². The molecule has 0 aromatic heterocycles. The predicted molar refractivity (Wildman–Crippen MR) is 48.0 cm³/mol. The standard InChI is InChI=1S/C6H7NO2S2/c1-4(8)2-6-10-3-5(7-9)11-6/h2,9H,3H2,1H3. The molecule has 0 aromatic carbocycles. The minimum atomic E-state index is 0.0270. The van der Waals surface area contributed by atoms with Gasteiger partial charge in [0.05, 0.1) is 9.99 Å². The molecule has 1 aliphatic rings. The Hall–Kier alpha value is -0.420. The first-order valence-electron chi connectivity index (χ1n) is 2.96. The second-order valence-electron chi connectivity index (χ2n) is 1.96. The molecule has 0 aromatic rings. The maximum Gasteiger partial charge on any atom is 0.154 e. The van der Waals surface area contributed by atoms with Crippen LogP contribution in [-0.4, -0.2) is 21.8 Å². The van der Waals surface area contributed by atoms with Crippen molar-refractivity contribution in [2.45, 2.75) is 6.92 Å². The molecule has 1 N–H and O–H groups in total. The molecule has 3 nitrogen and oxygen atoms in total. The molecule has 1 saturated heterocycles. The van der Waals surface area contributed by atoms with Crippen molar-refractivity contribution in [1.82, 2.24) is 0 Å². The molecule has 1 aliphatic heterocycles. The Labute approximate surface area is 72.9 Å². The Balaban J connectivity index is 2.61. The van der Waals surface area contributed by atoms with Crippen LogP contribution in [0, 0.1) is 0 Å². The summed E-state index contributed by atoms with van der Waals surface area (Å²) in [5.41, 5.74) is 0. The van der Waals surface area contributed by atoms with Crippen LogP contribution in [0.15, 0.2) is 15.5 Å². The van der Waals surface area contributed by atoms with Gasteiger partial charge in [-0.3, -0.25) is 4.79 Å². The first-order chi connectivity index (χ1) is 5.22. The van der Waals surface area contributed by atoms with Gasteiger partial charge in [0.1, 0.15) is 5.04 Å². The van der Waals surface area contributed by atoms with E-state index in [4.69, 9.17) is 5.21 Å². The molecule has 0 spiro atoms. The van der Waals surface area contributed by atoms with E-state index in [1.807, 2.05) is 0 Å². The van der Waals surface area contributed by atoms with Crippen LogP contribution in [0.4, 0.5) is 0 Å². The van der Waals surface area contributed by atoms with Gasteiger partial charge in [0.2, 0.25) is 0 Å². The van der Waals surface area contributed by atoms with Crippen LogP contribution < -0.4 is 0 Å². The van der Waals surface area contributed by atoms with Gasteiger partial charge in [-0.2, -0.15) is 0 Å². The zero-order chi connectivity index (χ0) is 8.27. The van der Waals surface area contributed by atoms with Gasteiger partial charge < -0.3 is 5.21 Å². The minimum Gasteiger partial charge on any atom is -0.410 e. The molecule has 0 saturated carbocycles. The summed E-state index contributed by atoms with van der Waals surface area (Å²) in [5.74, 6) is 0.694. The van der Waals surface area contributed by atoms with Crippen LogP contribution in [0.2, 0.25) is 0 Å². The Morgan fingerprint density at radius 2 is 2.55 bits per heavy atom. The van der Waals surface area contributed by atoms with Gasteiger partial charge >= 0.3 is 0 Å². The van der Waals surface area contributed by atoms with Gasteiger partial charge in [-0.15, -0.1) is 11.8 Å². The number of oxime groups is 1. The molecule has 5 heteroatoms. The third kappa shape index (κ3) is 2.59. The minimum absolute atomic E-state index is 0.0270. The van der Waals surface area contributed by atoms with Gasteiger partial charge in [0, 0.05) is 6.08 Å². The average Bonchev–Trinajstić information content (AvgIpc) is 2.34. The first kappa shape index (κ1) is 8.67. The van der Waals surface area contributed by atoms with Crippen molar-refractivity contribution in [3.63, 3.8) is 0 Å². The fourth-order valence-electron chi connectivity index (χ4n) is 0.594. The van der Waals surface area contributed by atoms with Gasteiger partial charge in [-0.05, 0) is 6.92 Å². The van der Waals surface area contributed by atoms with E-state index in [1.54, 1.807) is 6.08 Å². The van der Waals surface area contributed by atoms with E-state index in [1.165, 1.54) is 30.4 Å². The van der Waals surface area contributed by atoms with Crippen molar-refractivity contribution in [2.75, 3.05) is 5.75 Å². The van der Waals surface area contributed by atoms with E-state index >= 15 is 0 Å². The van der Waals surface area contributed by atoms with E-state index < -0.39 is 0 Å². The topological polar surface area (TPSA) is 49.7 Å². The number of carbonyl (C=O) groups is 1. The maximum atomic E-state index is 10.6. The number of nitrogens with zero attached hydrogens (tertiary/aromatic N) is 1. The normalized spacial score (nSPS) is 24.8. The number of ketones is 1. The molecule has 0 aliphatic carbocycles. The van der Waals surface area contributed by atoms with Gasteiger partial charge in [-0.1, -0.05) is 16.9 Å². The van der Waals surface area contributed by atoms with Crippen molar-refractivity contribution in [3.05, 3.63) is 10.3 Å². The number of allylic oxidation sites excluding steroid dienone is 1. The molecule has 0 bridgehead atoms. The summed E-state index contributed by atoms with van der Waals surface area (Å²) >= 11 is 2.86. The largest absolute Gasteiger partial charge is 0.410 e. The Bertz CT molecular complexity index is 235. The van der Waals surface area contributed by atoms with Crippen molar-refractivity contribution in [3.8, 4) is 0 Å². The molecule has 60 valence electrons. The lowest BCUT2D eigenvalue weighted by Gasteiger charge is -1.87. The Morgan fingerprint density at radius 3 is 3.00 bits per heavy atom. The third-order valence-corrected chi connectivity index (χ3v) is 3.38. The van der Waals surface area contributed by atoms with Gasteiger partial charge in [0.25, 0.3) is 0 Å². The molecule has 1 heterocycles. The summed E-state index contributed by atoms with van der Waals surface area (Å²) in [5, 5.41) is 12.1. The fraction of sp³-hybridized carbons (Fsp3) is 0.333. The van der Waals surface area contributed by atoms with Gasteiger partial charge in [-0.25, -0.2) is 0 Å². The quantitative estimate of drug-likeness (QED) is 0.387. The Kier molecular flexibility index (Phi) is 3.02. The lowest BCUT2D eigenvalue weighted by Crippen LogP contribution is -1.85. The van der Waals surface area contributed by atoms with E-state index in [-0.39, 0.29) is 5.78 Å². The second kappa shape index (κ2) is 3.82. The molecular formula is C6H7NO2S2. The van der Waals surface area contributed by atoms with Crippen molar-refractivity contribution in [1.29, 1.82) is 0 Å². The van der Waals surface area contributed by atoms with Crippen molar-refractivity contribution >= 4 is 34.4 Å². The molecule has 11 heavy (non-hydrogen) atoms. The van der Waals surface area contributed by atoms with Crippen LogP contribution in [0.5, 0.6) is 0 Å². The summed E-state index contributed by atoms with van der Waals surface area (Å²) in [6.45, 7) is 1.50. The summed E-state index contributed by atoms with van der Waals surface area (Å²) in [6.07, 6.45) is 1.55. The Morgan fingerprint density at radius 1 is 1.82 bits per heavy atom. The van der Waals surface area contributed by atoms with Crippen molar-refractivity contribution in [2.24, 2.45) is 5.16 Å². The zero-order valence-corrected chi connectivity index (χ0v) is 7.54. The summed E-state index contributed by atoms with van der Waals surface area (Å²) in [6, 6.07) is 0. The molecule has 1 rings (SSSR count). The summed E-state index contributed by atoms with van der Waals surface area (Å²) in [7, 11) is 0. The molecule has 1 fully saturated rings. The number of rotatable bonds is 1. The maximum absolute atomic E-state index is 10.6. The number of hydrogen-bond donors (Lipinski definition) is 1. The van der Waals surface area contributed by atoms with E-state index in [0.717, 1.165) is 4.24 Å². The highest BCUT2D eigenvalue weighted by molar-refractivity contribution is 8.34. The van der Waals surface area contributed by atoms with Crippen LogP contribution >= 0.6 is 23.5 Å². The zero-order valence-electron chi connectivity index (χ0n) is 5.90. The van der Waals surface area contributed by atoms with Crippen LogP contribution in [0.25, 0.3) is 0 Å². The number of thioether (sulfide) groups is 2. The fourth-order valence-corrected chi connectivity index (χ4v) is 2.78. The molecule has 0 atom stereocenters. The molecule has 0 radical (unpaired) electrons. The molecular weight excluding hydrogens is 182 g/mol. The second-order valence-corrected chi connectivity index (χ2v) is 4.35. The number of hydrogen-bond acceptors (Lipinski definition) is 5. The number of carbonyl (C=O) groups excluding carboxylic acids is 1. The lowest BCUT2D eigenvalue weighted by atomic mass is 10.5. The highest BCUT2D eigenvalue weighted by atomic mass is 32.2. The van der Waals surface area contributed by atoms with Crippen LogP contribution in [0.3, 0.4) is 0 Å². The smallest absolute Gasteiger partial charge is 0.154 e. The SMILES string of the molecule is CC(=O)C=C1SCC(=NO)S1. The summed E-state index contributed by atoms with van der Waals surface area (Å²) < 4.78 is 0.908. The van der Waals surface area contributed by atoms with Crippen molar-refractivity contribution < 1.29 is 10.0 Å².